The molecule has 2 aliphatic rings. The van der Waals surface area contributed by atoms with Gasteiger partial charge in [-0.2, -0.15) is 0 Å². The molecule has 2 atom stereocenters. The maximum atomic E-state index is 13.1. The van der Waals surface area contributed by atoms with E-state index in [1.807, 2.05) is 29.2 Å². The van der Waals surface area contributed by atoms with E-state index in [4.69, 9.17) is 0 Å². The minimum absolute atomic E-state index is 0.101. The normalized spacial score (nSPS) is 23.8. The monoisotopic (exact) mass is 325 g/mol. The fourth-order valence-corrected chi connectivity index (χ4v) is 4.60. The van der Waals surface area contributed by atoms with Gasteiger partial charge in [-0.05, 0) is 35.2 Å². The molecular weight excluding hydrogens is 306 g/mol. The molecule has 0 bridgehead atoms. The fourth-order valence-electron chi connectivity index (χ4n) is 4.60. The van der Waals surface area contributed by atoms with Crippen LogP contribution in [0.4, 0.5) is 5.69 Å². The third kappa shape index (κ3) is 1.88. The molecule has 5 rings (SSSR count). The van der Waals surface area contributed by atoms with Crippen LogP contribution in [0.1, 0.15) is 46.4 Å². The van der Waals surface area contributed by atoms with Crippen LogP contribution in [-0.2, 0) is 5.41 Å². The molecule has 0 unspecified atom stereocenters. The Kier molecular flexibility index (Phi) is 2.93. The number of benzene rings is 3. The van der Waals surface area contributed by atoms with Crippen LogP contribution in [-0.4, -0.2) is 5.91 Å². The highest BCUT2D eigenvalue weighted by atomic mass is 16.2. The maximum absolute atomic E-state index is 13.1. The van der Waals surface area contributed by atoms with Crippen molar-refractivity contribution in [1.29, 1.82) is 0 Å². The molecule has 0 saturated carbocycles. The molecule has 2 heteroatoms. The minimum Gasteiger partial charge on any atom is -0.300 e. The van der Waals surface area contributed by atoms with E-state index in [0.29, 0.717) is 0 Å². The van der Waals surface area contributed by atoms with Crippen molar-refractivity contribution in [2.75, 3.05) is 4.90 Å². The molecule has 0 radical (unpaired) electrons. The molecule has 0 saturated heterocycles. The summed E-state index contributed by atoms with van der Waals surface area (Å²) in [5, 5.41) is 0. The number of amides is 1. The Morgan fingerprint density at radius 3 is 2.40 bits per heavy atom. The van der Waals surface area contributed by atoms with Gasteiger partial charge in [-0.3, -0.25) is 4.79 Å². The predicted octanol–water partition coefficient (Wildman–Crippen LogP) is 5.10. The van der Waals surface area contributed by atoms with Crippen molar-refractivity contribution in [3.8, 4) is 0 Å². The van der Waals surface area contributed by atoms with E-state index in [2.05, 4.69) is 61.5 Å². The standard InChI is InChI=1S/C23H19NO/c1-23(16-9-3-2-4-10-16)15-21-17-11-5-6-12-18(17)22(25)24(21)20-14-8-7-13-19(20)23/h2-14,21H,15H2,1H3/t21-,23+/m0/s1. The number of rotatable bonds is 1. The van der Waals surface area contributed by atoms with Crippen molar-refractivity contribution in [2.24, 2.45) is 0 Å². The van der Waals surface area contributed by atoms with Crippen LogP contribution in [0.5, 0.6) is 0 Å². The number of para-hydroxylation sites is 1. The summed E-state index contributed by atoms with van der Waals surface area (Å²) in [6.07, 6.45) is 0.900. The van der Waals surface area contributed by atoms with Gasteiger partial charge in [-0.15, -0.1) is 0 Å². The van der Waals surface area contributed by atoms with Gasteiger partial charge in [0.1, 0.15) is 0 Å². The van der Waals surface area contributed by atoms with Gasteiger partial charge in [-0.25, -0.2) is 0 Å². The number of fused-ring (bicyclic) bond motifs is 5. The van der Waals surface area contributed by atoms with E-state index in [9.17, 15) is 4.79 Å². The first-order valence-corrected chi connectivity index (χ1v) is 8.78. The van der Waals surface area contributed by atoms with E-state index in [1.54, 1.807) is 0 Å². The van der Waals surface area contributed by atoms with Gasteiger partial charge < -0.3 is 4.90 Å². The van der Waals surface area contributed by atoms with Crippen LogP contribution in [0.15, 0.2) is 78.9 Å². The third-order valence-electron chi connectivity index (χ3n) is 5.85. The summed E-state index contributed by atoms with van der Waals surface area (Å²) < 4.78 is 0. The van der Waals surface area contributed by atoms with E-state index in [-0.39, 0.29) is 17.4 Å². The number of anilines is 1. The van der Waals surface area contributed by atoms with E-state index in [0.717, 1.165) is 23.2 Å². The average Bonchev–Trinajstić information content (AvgIpc) is 2.95. The Labute approximate surface area is 147 Å². The molecule has 25 heavy (non-hydrogen) atoms. The zero-order valence-electron chi connectivity index (χ0n) is 14.1. The molecule has 122 valence electrons. The number of hydrogen-bond donors (Lipinski definition) is 0. The fraction of sp³-hybridized carbons (Fsp3) is 0.174. The van der Waals surface area contributed by atoms with Crippen LogP contribution in [0, 0.1) is 0 Å². The first kappa shape index (κ1) is 14.5. The molecule has 2 heterocycles. The molecule has 2 aliphatic heterocycles. The summed E-state index contributed by atoms with van der Waals surface area (Å²) in [4.78, 5) is 15.1. The molecule has 3 aromatic rings. The summed E-state index contributed by atoms with van der Waals surface area (Å²) >= 11 is 0. The van der Waals surface area contributed by atoms with E-state index < -0.39 is 0 Å². The van der Waals surface area contributed by atoms with E-state index >= 15 is 0 Å². The SMILES string of the molecule is C[C@]1(c2ccccc2)C[C@H]2c3ccccc3C(=O)N2c2ccccc21. The quantitative estimate of drug-likeness (QED) is 0.610. The second-order valence-corrected chi connectivity index (χ2v) is 7.20. The number of carbonyl (C=O) groups is 1. The lowest BCUT2D eigenvalue weighted by molar-refractivity contribution is 0.0986. The predicted molar refractivity (Wildman–Crippen MR) is 99.9 cm³/mol. The third-order valence-corrected chi connectivity index (χ3v) is 5.85. The van der Waals surface area contributed by atoms with Gasteiger partial charge in [-0.1, -0.05) is 73.7 Å². The van der Waals surface area contributed by atoms with Gasteiger partial charge in [0.05, 0.1) is 6.04 Å². The zero-order valence-corrected chi connectivity index (χ0v) is 14.1. The molecule has 0 spiro atoms. The number of hydrogen-bond acceptors (Lipinski definition) is 1. The van der Waals surface area contributed by atoms with Crippen LogP contribution in [0.2, 0.25) is 0 Å². The highest BCUT2D eigenvalue weighted by molar-refractivity contribution is 6.12. The largest absolute Gasteiger partial charge is 0.300 e. The zero-order chi connectivity index (χ0) is 17.0. The molecular formula is C23H19NO. The Hall–Kier alpha value is -2.87. The molecule has 1 amide bonds. The summed E-state index contributed by atoms with van der Waals surface area (Å²) in [5.41, 5.74) is 5.48. The van der Waals surface area contributed by atoms with Gasteiger partial charge in [0.25, 0.3) is 5.91 Å². The van der Waals surface area contributed by atoms with Gasteiger partial charge >= 0.3 is 0 Å². The smallest absolute Gasteiger partial charge is 0.259 e. The molecule has 0 aromatic heterocycles. The first-order chi connectivity index (χ1) is 12.2. The van der Waals surface area contributed by atoms with Crippen LogP contribution in [0.25, 0.3) is 0 Å². The van der Waals surface area contributed by atoms with Crippen LogP contribution < -0.4 is 4.90 Å². The Bertz CT molecular complexity index is 978. The lowest BCUT2D eigenvalue weighted by atomic mass is 9.68. The van der Waals surface area contributed by atoms with Gasteiger partial charge in [0, 0.05) is 16.7 Å². The number of carbonyl (C=O) groups excluding carboxylic acids is 1. The summed E-state index contributed by atoms with van der Waals surface area (Å²) in [5.74, 6) is 0.128. The summed E-state index contributed by atoms with van der Waals surface area (Å²) in [7, 11) is 0. The number of nitrogens with zero attached hydrogens (tertiary/aromatic N) is 1. The van der Waals surface area contributed by atoms with Crippen molar-refractivity contribution in [2.45, 2.75) is 24.8 Å². The second-order valence-electron chi connectivity index (χ2n) is 7.20. The summed E-state index contributed by atoms with van der Waals surface area (Å²) in [6, 6.07) is 27.2. The second kappa shape index (κ2) is 5.06. The van der Waals surface area contributed by atoms with Crippen molar-refractivity contribution in [3.63, 3.8) is 0 Å². The Morgan fingerprint density at radius 1 is 0.880 bits per heavy atom. The maximum Gasteiger partial charge on any atom is 0.259 e. The lowest BCUT2D eigenvalue weighted by Gasteiger charge is -2.44. The van der Waals surface area contributed by atoms with E-state index in [1.165, 1.54) is 11.1 Å². The average molecular weight is 325 g/mol. The Balaban J connectivity index is 1.77. The van der Waals surface area contributed by atoms with Crippen molar-refractivity contribution in [3.05, 3.63) is 101 Å². The Morgan fingerprint density at radius 2 is 1.56 bits per heavy atom. The summed E-state index contributed by atoms with van der Waals surface area (Å²) in [6.45, 7) is 2.31. The van der Waals surface area contributed by atoms with Gasteiger partial charge in [0.2, 0.25) is 0 Å². The highest BCUT2D eigenvalue weighted by Gasteiger charge is 2.48. The topological polar surface area (TPSA) is 20.3 Å². The first-order valence-electron chi connectivity index (χ1n) is 8.78. The molecule has 0 aliphatic carbocycles. The van der Waals surface area contributed by atoms with Crippen molar-refractivity contribution in [1.82, 2.24) is 0 Å². The molecule has 2 nitrogen and oxygen atoms in total. The van der Waals surface area contributed by atoms with Gasteiger partial charge in [0.15, 0.2) is 0 Å². The lowest BCUT2D eigenvalue weighted by Crippen LogP contribution is -2.40. The van der Waals surface area contributed by atoms with Crippen LogP contribution >= 0.6 is 0 Å². The molecule has 0 N–H and O–H groups in total. The molecule has 0 fully saturated rings. The minimum atomic E-state index is -0.114. The van der Waals surface area contributed by atoms with Crippen molar-refractivity contribution < 1.29 is 4.79 Å². The highest BCUT2D eigenvalue weighted by Crippen LogP contribution is 2.54. The van der Waals surface area contributed by atoms with Crippen molar-refractivity contribution >= 4 is 11.6 Å². The van der Waals surface area contributed by atoms with Crippen LogP contribution in [0.3, 0.4) is 0 Å². The molecule has 3 aromatic carbocycles.